The molecule has 1 aliphatic rings. The van der Waals surface area contributed by atoms with Crippen molar-refractivity contribution in [3.8, 4) is 0 Å². The molecule has 1 aliphatic heterocycles. The van der Waals surface area contributed by atoms with Crippen LogP contribution >= 0.6 is 34.7 Å². The van der Waals surface area contributed by atoms with Gasteiger partial charge in [0.05, 0.1) is 23.6 Å². The van der Waals surface area contributed by atoms with Crippen molar-refractivity contribution in [2.24, 2.45) is 0 Å². The smallest absolute Gasteiger partial charge is 0.268 e. The van der Waals surface area contributed by atoms with Crippen molar-refractivity contribution in [1.82, 2.24) is 4.90 Å². The van der Waals surface area contributed by atoms with Crippen molar-refractivity contribution in [2.45, 2.75) is 6.54 Å². The first-order valence-electron chi connectivity index (χ1n) is 7.24. The van der Waals surface area contributed by atoms with Crippen LogP contribution in [-0.4, -0.2) is 34.2 Å². The molecule has 24 heavy (non-hydrogen) atoms. The molecule has 0 bridgehead atoms. The first-order chi connectivity index (χ1) is 11.6. The molecule has 1 aromatic heterocycles. The van der Waals surface area contributed by atoms with Crippen LogP contribution in [-0.2, 0) is 16.1 Å². The van der Waals surface area contributed by atoms with Gasteiger partial charge in [0, 0.05) is 15.7 Å². The highest BCUT2D eigenvalue weighted by Crippen LogP contribution is 2.38. The molecule has 3 rings (SSSR count). The lowest BCUT2D eigenvalue weighted by Gasteiger charge is -2.15. The van der Waals surface area contributed by atoms with Crippen LogP contribution in [0.5, 0.6) is 0 Å². The van der Waals surface area contributed by atoms with Crippen molar-refractivity contribution in [3.05, 3.63) is 62.1 Å². The fourth-order valence-corrected chi connectivity index (χ4v) is 4.22. The van der Waals surface area contributed by atoms with E-state index in [0.29, 0.717) is 21.3 Å². The Balaban J connectivity index is 1.90. The normalized spacial score (nSPS) is 14.8. The Morgan fingerprint density at radius 1 is 1.12 bits per heavy atom. The molecule has 1 N–H and O–H groups in total. The van der Waals surface area contributed by atoms with Gasteiger partial charge in [0.25, 0.3) is 11.8 Å². The summed E-state index contributed by atoms with van der Waals surface area (Å²) >= 11 is 8.52. The van der Waals surface area contributed by atoms with Gasteiger partial charge >= 0.3 is 0 Å². The lowest BCUT2D eigenvalue weighted by Crippen LogP contribution is -2.30. The first-order valence-corrected chi connectivity index (χ1v) is 9.48. The first kappa shape index (κ1) is 17.2. The van der Waals surface area contributed by atoms with Gasteiger partial charge in [0.1, 0.15) is 0 Å². The van der Waals surface area contributed by atoms with Crippen LogP contribution in [0.3, 0.4) is 0 Å². The number of hydrogen-bond acceptors (Lipinski definition) is 5. The second kappa shape index (κ2) is 7.53. The quantitative estimate of drug-likeness (QED) is 0.781. The van der Waals surface area contributed by atoms with Crippen LogP contribution in [0.15, 0.2) is 46.7 Å². The summed E-state index contributed by atoms with van der Waals surface area (Å²) in [7, 11) is 0. The summed E-state index contributed by atoms with van der Waals surface area (Å²) in [5.41, 5.74) is 1.27. The molecule has 0 atom stereocenters. The van der Waals surface area contributed by atoms with Crippen LogP contribution in [0, 0.1) is 0 Å². The molecule has 0 saturated heterocycles. The zero-order valence-electron chi connectivity index (χ0n) is 12.6. The molecule has 0 unspecified atom stereocenters. The van der Waals surface area contributed by atoms with E-state index in [1.165, 1.54) is 28.0 Å². The molecule has 124 valence electrons. The predicted molar refractivity (Wildman–Crippen MR) is 97.8 cm³/mol. The summed E-state index contributed by atoms with van der Waals surface area (Å²) in [6.07, 6.45) is 0. The van der Waals surface area contributed by atoms with Crippen molar-refractivity contribution in [2.75, 3.05) is 12.4 Å². The molecule has 0 fully saturated rings. The average molecular weight is 380 g/mol. The maximum Gasteiger partial charge on any atom is 0.268 e. The predicted octanol–water partition coefficient (Wildman–Crippen LogP) is 3.41. The molecule has 0 saturated carbocycles. The van der Waals surface area contributed by atoms with E-state index >= 15 is 0 Å². The van der Waals surface area contributed by atoms with Crippen molar-refractivity contribution in [3.63, 3.8) is 0 Å². The van der Waals surface area contributed by atoms with Crippen molar-refractivity contribution < 1.29 is 14.7 Å². The van der Waals surface area contributed by atoms with E-state index in [-0.39, 0.29) is 25.0 Å². The largest absolute Gasteiger partial charge is 0.396 e. The zero-order chi connectivity index (χ0) is 17.1. The lowest BCUT2D eigenvalue weighted by atomic mass is 10.2. The fraction of sp³-hybridized carbons (Fsp3) is 0.176. The molecule has 2 aromatic rings. The number of aliphatic hydroxyl groups excluding tert-OH is 1. The third-order valence-corrected chi connectivity index (χ3v) is 5.68. The van der Waals surface area contributed by atoms with E-state index in [2.05, 4.69) is 0 Å². The molecule has 1 aromatic carbocycles. The summed E-state index contributed by atoms with van der Waals surface area (Å²) in [4.78, 5) is 28.0. The minimum absolute atomic E-state index is 0.0510. The number of carbonyl (C=O) groups is 2. The van der Waals surface area contributed by atoms with Gasteiger partial charge in [-0.3, -0.25) is 14.5 Å². The topological polar surface area (TPSA) is 57.6 Å². The monoisotopic (exact) mass is 379 g/mol. The number of carbonyl (C=O) groups excluding carboxylic acids is 2. The summed E-state index contributed by atoms with van der Waals surface area (Å²) < 4.78 is 0. The Bertz CT molecular complexity index is 785. The summed E-state index contributed by atoms with van der Waals surface area (Å²) in [6.45, 7) is 0.150. The number of nitrogens with zero attached hydrogens (tertiary/aromatic N) is 1. The average Bonchev–Trinajstić information content (AvgIpc) is 3.17. The maximum atomic E-state index is 12.8. The van der Waals surface area contributed by atoms with Crippen LogP contribution < -0.4 is 0 Å². The zero-order valence-corrected chi connectivity index (χ0v) is 15.0. The number of imide groups is 1. The number of aliphatic hydroxyl groups is 1. The number of benzene rings is 1. The van der Waals surface area contributed by atoms with Crippen LogP contribution in [0.2, 0.25) is 5.02 Å². The van der Waals surface area contributed by atoms with Crippen LogP contribution in [0.4, 0.5) is 0 Å². The Morgan fingerprint density at radius 3 is 2.50 bits per heavy atom. The van der Waals surface area contributed by atoms with E-state index in [9.17, 15) is 9.59 Å². The van der Waals surface area contributed by atoms with Gasteiger partial charge in [-0.15, -0.1) is 23.1 Å². The van der Waals surface area contributed by atoms with Crippen molar-refractivity contribution >= 4 is 52.1 Å². The number of hydrogen-bond donors (Lipinski definition) is 1. The molecule has 2 amide bonds. The minimum atomic E-state index is -0.309. The van der Waals surface area contributed by atoms with Crippen LogP contribution in [0.25, 0.3) is 5.57 Å². The number of thioether (sulfide) groups is 1. The van der Waals surface area contributed by atoms with Crippen molar-refractivity contribution in [1.29, 1.82) is 0 Å². The van der Waals surface area contributed by atoms with Gasteiger partial charge in [-0.2, -0.15) is 0 Å². The van der Waals surface area contributed by atoms with Gasteiger partial charge in [0.2, 0.25) is 0 Å². The van der Waals surface area contributed by atoms with E-state index in [4.69, 9.17) is 16.7 Å². The van der Waals surface area contributed by atoms with Gasteiger partial charge in [-0.25, -0.2) is 0 Å². The Hall–Kier alpha value is -1.60. The Labute approximate surface area is 152 Å². The van der Waals surface area contributed by atoms with Gasteiger partial charge in [-0.1, -0.05) is 29.8 Å². The highest BCUT2D eigenvalue weighted by Gasteiger charge is 2.39. The summed E-state index contributed by atoms with van der Waals surface area (Å²) in [5.74, 6) is -0.229. The summed E-state index contributed by atoms with van der Waals surface area (Å²) in [5, 5.41) is 11.5. The molecule has 2 heterocycles. The van der Waals surface area contributed by atoms with E-state index in [1.807, 2.05) is 17.5 Å². The van der Waals surface area contributed by atoms with E-state index in [0.717, 1.165) is 10.4 Å². The lowest BCUT2D eigenvalue weighted by molar-refractivity contribution is -0.137. The molecule has 0 radical (unpaired) electrons. The molecular weight excluding hydrogens is 366 g/mol. The second-order valence-corrected chi connectivity index (χ2v) is 7.57. The Kier molecular flexibility index (Phi) is 5.40. The minimum Gasteiger partial charge on any atom is -0.396 e. The van der Waals surface area contributed by atoms with Crippen LogP contribution in [0.1, 0.15) is 10.4 Å². The highest BCUT2D eigenvalue weighted by atomic mass is 35.5. The highest BCUT2D eigenvalue weighted by molar-refractivity contribution is 8.04. The van der Waals surface area contributed by atoms with Gasteiger partial charge in [-0.05, 0) is 29.1 Å². The molecular formula is C17H14ClNO3S2. The van der Waals surface area contributed by atoms with E-state index in [1.54, 1.807) is 24.3 Å². The van der Waals surface area contributed by atoms with Gasteiger partial charge in [0.15, 0.2) is 0 Å². The molecule has 7 heteroatoms. The Morgan fingerprint density at radius 2 is 1.88 bits per heavy atom. The van der Waals surface area contributed by atoms with Gasteiger partial charge < -0.3 is 5.11 Å². The number of rotatable bonds is 6. The number of thiophene rings is 1. The van der Waals surface area contributed by atoms with E-state index < -0.39 is 0 Å². The molecule has 0 aliphatic carbocycles. The number of amides is 2. The standard InChI is InChI=1S/C17H14ClNO3S2/c18-12-5-3-11(4-6-12)10-19-16(21)14(13-2-1-8-23-13)15(17(19)22)24-9-7-20/h1-6,8,20H,7,9-10H2. The molecule has 0 spiro atoms. The second-order valence-electron chi connectivity index (χ2n) is 5.08. The molecule has 4 nitrogen and oxygen atoms in total. The number of halogens is 1. The third kappa shape index (κ3) is 3.42. The fourth-order valence-electron chi connectivity index (χ4n) is 2.39. The third-order valence-electron chi connectivity index (χ3n) is 3.48. The summed E-state index contributed by atoms with van der Waals surface area (Å²) in [6, 6.07) is 10.7. The SMILES string of the molecule is O=C1C(SCCO)=C(c2cccs2)C(=O)N1Cc1ccc(Cl)cc1. The maximum absolute atomic E-state index is 12.8.